The molecule has 0 fully saturated rings. The Hall–Kier alpha value is -2.50. The average Bonchev–Trinajstić information content (AvgIpc) is 2.40. The molecule has 0 saturated heterocycles. The standard InChI is InChI=1S/C14H16N2O4/c1-9-4-3-7-16(8-9)14(20)15-11-6-2-5-10(12(11)17)13(18)19/h2,4-6,17H,3,7-8H2,1H3,(H,15,20)(H,18,19). The Kier molecular flexibility index (Phi) is 3.93. The van der Waals surface area contributed by atoms with Gasteiger partial charge in [-0.05, 0) is 25.5 Å². The van der Waals surface area contributed by atoms with Crippen molar-refractivity contribution >= 4 is 17.7 Å². The van der Waals surface area contributed by atoms with Crippen molar-refractivity contribution in [1.82, 2.24) is 4.90 Å². The van der Waals surface area contributed by atoms with Gasteiger partial charge in [0, 0.05) is 13.1 Å². The number of carboxylic acid groups (broad SMARTS) is 1. The van der Waals surface area contributed by atoms with Crippen LogP contribution in [0.1, 0.15) is 23.7 Å². The van der Waals surface area contributed by atoms with Crippen LogP contribution in [0.3, 0.4) is 0 Å². The number of aromatic carboxylic acids is 1. The van der Waals surface area contributed by atoms with Crippen LogP contribution >= 0.6 is 0 Å². The van der Waals surface area contributed by atoms with E-state index in [4.69, 9.17) is 5.11 Å². The first-order valence-corrected chi connectivity index (χ1v) is 6.26. The number of phenols is 1. The molecule has 0 spiro atoms. The number of nitrogens with zero attached hydrogens (tertiary/aromatic N) is 1. The number of nitrogens with one attached hydrogen (secondary N) is 1. The maximum atomic E-state index is 12.1. The molecular weight excluding hydrogens is 260 g/mol. The lowest BCUT2D eigenvalue weighted by Crippen LogP contribution is -2.38. The number of hydrogen-bond donors (Lipinski definition) is 3. The molecule has 0 radical (unpaired) electrons. The summed E-state index contributed by atoms with van der Waals surface area (Å²) in [6.45, 7) is 3.08. The molecule has 2 rings (SSSR count). The Bertz CT molecular complexity index is 581. The van der Waals surface area contributed by atoms with E-state index >= 15 is 0 Å². The Morgan fingerprint density at radius 1 is 1.35 bits per heavy atom. The van der Waals surface area contributed by atoms with Crippen molar-refractivity contribution in [2.24, 2.45) is 0 Å². The van der Waals surface area contributed by atoms with Crippen molar-refractivity contribution in [2.45, 2.75) is 13.3 Å². The van der Waals surface area contributed by atoms with Gasteiger partial charge in [-0.2, -0.15) is 0 Å². The number of amides is 2. The van der Waals surface area contributed by atoms with Crippen molar-refractivity contribution in [3.05, 3.63) is 35.4 Å². The predicted molar refractivity (Wildman–Crippen MR) is 74.0 cm³/mol. The molecule has 0 aliphatic carbocycles. The summed E-state index contributed by atoms with van der Waals surface area (Å²) in [6, 6.07) is 3.86. The smallest absolute Gasteiger partial charge is 0.339 e. The van der Waals surface area contributed by atoms with Gasteiger partial charge in [-0.25, -0.2) is 9.59 Å². The van der Waals surface area contributed by atoms with E-state index in [0.717, 1.165) is 12.0 Å². The molecule has 1 heterocycles. The van der Waals surface area contributed by atoms with Crippen LogP contribution in [-0.4, -0.2) is 40.2 Å². The van der Waals surface area contributed by atoms with Gasteiger partial charge in [-0.15, -0.1) is 0 Å². The van der Waals surface area contributed by atoms with E-state index in [1.807, 2.05) is 6.92 Å². The highest BCUT2D eigenvalue weighted by Crippen LogP contribution is 2.27. The second kappa shape index (κ2) is 5.64. The molecule has 1 aliphatic heterocycles. The molecule has 3 N–H and O–H groups in total. The Balaban J connectivity index is 2.14. The molecule has 0 bridgehead atoms. The largest absolute Gasteiger partial charge is 0.505 e. The summed E-state index contributed by atoms with van der Waals surface area (Å²) < 4.78 is 0. The zero-order valence-corrected chi connectivity index (χ0v) is 11.1. The minimum absolute atomic E-state index is 0.0992. The maximum Gasteiger partial charge on any atom is 0.339 e. The van der Waals surface area contributed by atoms with Gasteiger partial charge in [0.1, 0.15) is 5.56 Å². The van der Waals surface area contributed by atoms with E-state index in [-0.39, 0.29) is 17.3 Å². The van der Waals surface area contributed by atoms with Gasteiger partial charge < -0.3 is 20.4 Å². The summed E-state index contributed by atoms with van der Waals surface area (Å²) in [7, 11) is 0. The number of aromatic hydroxyl groups is 1. The summed E-state index contributed by atoms with van der Waals surface area (Å²) in [5.41, 5.74) is 0.967. The molecule has 1 aliphatic rings. The van der Waals surface area contributed by atoms with E-state index < -0.39 is 11.7 Å². The SMILES string of the molecule is CC1=CCCN(C(=O)Nc2cccc(C(=O)O)c2O)C1. The Labute approximate surface area is 116 Å². The van der Waals surface area contributed by atoms with Crippen LogP contribution in [0, 0.1) is 0 Å². The van der Waals surface area contributed by atoms with Crippen LogP contribution in [0.2, 0.25) is 0 Å². The molecule has 6 heteroatoms. The summed E-state index contributed by atoms with van der Waals surface area (Å²) in [5.74, 6) is -1.67. The van der Waals surface area contributed by atoms with Gasteiger partial charge in [0.25, 0.3) is 0 Å². The van der Waals surface area contributed by atoms with Gasteiger partial charge in [-0.3, -0.25) is 0 Å². The molecule has 2 amide bonds. The van der Waals surface area contributed by atoms with Crippen LogP contribution in [0.15, 0.2) is 29.8 Å². The number of anilines is 1. The lowest BCUT2D eigenvalue weighted by Gasteiger charge is -2.26. The molecule has 0 atom stereocenters. The summed E-state index contributed by atoms with van der Waals surface area (Å²) in [4.78, 5) is 24.6. The van der Waals surface area contributed by atoms with Crippen molar-refractivity contribution in [1.29, 1.82) is 0 Å². The monoisotopic (exact) mass is 276 g/mol. The van der Waals surface area contributed by atoms with E-state index in [2.05, 4.69) is 11.4 Å². The number of carbonyl (C=O) groups excluding carboxylic acids is 1. The van der Waals surface area contributed by atoms with E-state index in [1.54, 1.807) is 4.90 Å². The van der Waals surface area contributed by atoms with E-state index in [1.165, 1.54) is 18.2 Å². The van der Waals surface area contributed by atoms with Crippen molar-refractivity contribution in [3.8, 4) is 5.75 Å². The summed E-state index contributed by atoms with van der Waals surface area (Å²) in [6.07, 6.45) is 2.87. The van der Waals surface area contributed by atoms with E-state index in [9.17, 15) is 14.7 Å². The lowest BCUT2D eigenvalue weighted by atomic mass is 10.1. The van der Waals surface area contributed by atoms with Crippen LogP contribution < -0.4 is 5.32 Å². The fourth-order valence-electron chi connectivity index (χ4n) is 2.10. The highest BCUT2D eigenvalue weighted by Gasteiger charge is 2.19. The lowest BCUT2D eigenvalue weighted by molar-refractivity contribution is 0.0693. The molecule has 0 unspecified atom stereocenters. The van der Waals surface area contributed by atoms with Crippen LogP contribution in [0.4, 0.5) is 10.5 Å². The van der Waals surface area contributed by atoms with Crippen LogP contribution in [0.5, 0.6) is 5.75 Å². The van der Waals surface area contributed by atoms with Crippen molar-refractivity contribution in [2.75, 3.05) is 18.4 Å². The molecule has 1 aromatic rings. The normalized spacial score (nSPS) is 14.7. The molecule has 0 saturated carbocycles. The number of hydrogen-bond acceptors (Lipinski definition) is 3. The molecule has 106 valence electrons. The van der Waals surface area contributed by atoms with Crippen LogP contribution in [-0.2, 0) is 0 Å². The van der Waals surface area contributed by atoms with Crippen molar-refractivity contribution < 1.29 is 19.8 Å². The second-order valence-corrected chi connectivity index (χ2v) is 4.70. The summed E-state index contributed by atoms with van der Waals surface area (Å²) in [5, 5.41) is 21.3. The number of urea groups is 1. The number of carbonyl (C=O) groups is 2. The maximum absolute atomic E-state index is 12.1. The first-order chi connectivity index (χ1) is 9.49. The highest BCUT2D eigenvalue weighted by molar-refractivity contribution is 5.97. The first kappa shape index (κ1) is 13.9. The van der Waals surface area contributed by atoms with Gasteiger partial charge in [-0.1, -0.05) is 17.7 Å². The zero-order chi connectivity index (χ0) is 14.7. The van der Waals surface area contributed by atoms with Crippen LogP contribution in [0.25, 0.3) is 0 Å². The minimum Gasteiger partial charge on any atom is -0.505 e. The molecular formula is C14H16N2O4. The topological polar surface area (TPSA) is 89.9 Å². The number of carboxylic acids is 1. The fraction of sp³-hybridized carbons (Fsp3) is 0.286. The van der Waals surface area contributed by atoms with Gasteiger partial charge in [0.2, 0.25) is 0 Å². The van der Waals surface area contributed by atoms with Gasteiger partial charge in [0.15, 0.2) is 5.75 Å². The average molecular weight is 276 g/mol. The molecule has 20 heavy (non-hydrogen) atoms. The fourth-order valence-corrected chi connectivity index (χ4v) is 2.10. The molecule has 1 aromatic carbocycles. The highest BCUT2D eigenvalue weighted by atomic mass is 16.4. The van der Waals surface area contributed by atoms with E-state index in [0.29, 0.717) is 13.1 Å². The minimum atomic E-state index is -1.24. The third-order valence-electron chi connectivity index (χ3n) is 3.13. The molecule has 0 aromatic heterocycles. The zero-order valence-electron chi connectivity index (χ0n) is 11.1. The third-order valence-corrected chi connectivity index (χ3v) is 3.13. The quantitative estimate of drug-likeness (QED) is 0.571. The molecule has 6 nitrogen and oxygen atoms in total. The summed E-state index contributed by atoms with van der Waals surface area (Å²) >= 11 is 0. The number of benzene rings is 1. The van der Waals surface area contributed by atoms with Gasteiger partial charge in [0.05, 0.1) is 5.69 Å². The second-order valence-electron chi connectivity index (χ2n) is 4.70. The number of rotatable bonds is 2. The Morgan fingerprint density at radius 3 is 2.75 bits per heavy atom. The van der Waals surface area contributed by atoms with Gasteiger partial charge >= 0.3 is 12.0 Å². The third kappa shape index (κ3) is 2.90. The number of para-hydroxylation sites is 1. The van der Waals surface area contributed by atoms with Crippen molar-refractivity contribution in [3.63, 3.8) is 0 Å². The predicted octanol–water partition coefficient (Wildman–Crippen LogP) is 2.27. The first-order valence-electron chi connectivity index (χ1n) is 6.26. The Morgan fingerprint density at radius 2 is 2.10 bits per heavy atom.